The highest BCUT2D eigenvalue weighted by atomic mass is 35.5. The van der Waals surface area contributed by atoms with Gasteiger partial charge < -0.3 is 20.1 Å². The molecular weight excluding hydrogens is 535 g/mol. The average Bonchev–Trinajstić information content (AvgIpc) is 2.88. The van der Waals surface area contributed by atoms with Crippen LogP contribution in [0, 0.1) is 25.2 Å². The van der Waals surface area contributed by atoms with E-state index in [0.29, 0.717) is 5.69 Å². The molecule has 0 bridgehead atoms. The van der Waals surface area contributed by atoms with Gasteiger partial charge in [0.2, 0.25) is 0 Å². The van der Waals surface area contributed by atoms with E-state index in [9.17, 15) is 28.0 Å². The predicted molar refractivity (Wildman–Crippen MR) is 142 cm³/mol. The van der Waals surface area contributed by atoms with Crippen molar-refractivity contribution in [3.8, 4) is 17.6 Å². The molecule has 0 atom stereocenters. The molecule has 0 fully saturated rings. The molecule has 202 valence electrons. The maximum atomic E-state index is 13.0. The Kier molecular flexibility index (Phi) is 9.22. The fraction of sp³-hybridized carbons (Fsp3) is 0.179. The molecule has 0 aliphatic carbocycles. The number of ether oxygens (including phenoxy) is 2. The highest BCUT2D eigenvalue weighted by molar-refractivity contribution is 6.32. The SMILES string of the molecule is COc1cc(/C=C(\C#N)C(=O)Nc2cccc(C(F)(F)F)c2)cc(Cl)c1OCC(=O)Nc1cccc(C)c1C. The van der Waals surface area contributed by atoms with Gasteiger partial charge in [-0.05, 0) is 73.0 Å². The van der Waals surface area contributed by atoms with E-state index in [1.54, 1.807) is 12.1 Å². The molecule has 0 aliphatic rings. The number of hydrogen-bond donors (Lipinski definition) is 2. The standard InChI is InChI=1S/C28H23ClF3N3O4/c1-16-6-4-9-23(17(16)2)35-25(36)15-39-26-22(29)11-18(12-24(26)38-3)10-19(14-33)27(37)34-21-8-5-7-20(13-21)28(30,31)32/h4-13H,15H2,1-3H3,(H,34,37)(H,35,36)/b19-10+. The van der Waals surface area contributed by atoms with Crippen molar-refractivity contribution in [2.45, 2.75) is 20.0 Å². The number of benzene rings is 3. The van der Waals surface area contributed by atoms with E-state index in [1.807, 2.05) is 26.0 Å². The Morgan fingerprint density at radius 1 is 1.08 bits per heavy atom. The van der Waals surface area contributed by atoms with Crippen LogP contribution in [0.4, 0.5) is 24.5 Å². The molecule has 0 saturated carbocycles. The lowest BCUT2D eigenvalue weighted by Crippen LogP contribution is -2.21. The van der Waals surface area contributed by atoms with E-state index in [0.717, 1.165) is 29.3 Å². The molecule has 3 aromatic rings. The summed E-state index contributed by atoms with van der Waals surface area (Å²) in [6.07, 6.45) is -3.40. The van der Waals surface area contributed by atoms with Gasteiger partial charge >= 0.3 is 6.18 Å². The summed E-state index contributed by atoms with van der Waals surface area (Å²) in [7, 11) is 1.34. The van der Waals surface area contributed by atoms with Crippen LogP contribution in [0.5, 0.6) is 11.5 Å². The van der Waals surface area contributed by atoms with Gasteiger partial charge in [0, 0.05) is 11.4 Å². The van der Waals surface area contributed by atoms with Crippen molar-refractivity contribution in [2.75, 3.05) is 24.4 Å². The zero-order valence-corrected chi connectivity index (χ0v) is 21.8. The Morgan fingerprint density at radius 2 is 1.79 bits per heavy atom. The summed E-state index contributed by atoms with van der Waals surface area (Å²) in [6.45, 7) is 3.43. The monoisotopic (exact) mass is 557 g/mol. The lowest BCUT2D eigenvalue weighted by Gasteiger charge is -2.14. The molecule has 3 rings (SSSR count). The molecule has 3 aromatic carbocycles. The zero-order chi connectivity index (χ0) is 28.7. The summed E-state index contributed by atoms with van der Waals surface area (Å²) in [5, 5.41) is 14.6. The summed E-state index contributed by atoms with van der Waals surface area (Å²) >= 11 is 6.34. The first kappa shape index (κ1) is 29.1. The fourth-order valence-corrected chi connectivity index (χ4v) is 3.73. The normalized spacial score (nSPS) is 11.4. The average molecular weight is 558 g/mol. The molecular formula is C28H23ClF3N3O4. The van der Waals surface area contributed by atoms with Gasteiger partial charge in [0.05, 0.1) is 17.7 Å². The first-order chi connectivity index (χ1) is 18.4. The van der Waals surface area contributed by atoms with Crippen LogP contribution in [0.1, 0.15) is 22.3 Å². The van der Waals surface area contributed by atoms with E-state index in [1.165, 1.54) is 31.4 Å². The smallest absolute Gasteiger partial charge is 0.416 e. The van der Waals surface area contributed by atoms with E-state index >= 15 is 0 Å². The highest BCUT2D eigenvalue weighted by Gasteiger charge is 2.30. The number of rotatable bonds is 8. The number of nitriles is 1. The van der Waals surface area contributed by atoms with E-state index in [2.05, 4.69) is 10.6 Å². The summed E-state index contributed by atoms with van der Waals surface area (Å²) in [6, 6.07) is 14.1. The number of amides is 2. The van der Waals surface area contributed by atoms with E-state index < -0.39 is 29.1 Å². The molecule has 0 aromatic heterocycles. The van der Waals surface area contributed by atoms with Gasteiger partial charge in [-0.2, -0.15) is 18.4 Å². The number of nitrogens with one attached hydrogen (secondary N) is 2. The van der Waals surface area contributed by atoms with Crippen molar-refractivity contribution < 1.29 is 32.2 Å². The first-order valence-corrected chi connectivity index (χ1v) is 11.8. The van der Waals surface area contributed by atoms with E-state index in [4.69, 9.17) is 21.1 Å². The van der Waals surface area contributed by atoms with Gasteiger partial charge in [-0.1, -0.05) is 29.8 Å². The van der Waals surface area contributed by atoms with Crippen LogP contribution >= 0.6 is 11.6 Å². The maximum Gasteiger partial charge on any atom is 0.416 e. The minimum absolute atomic E-state index is 0.0377. The lowest BCUT2D eigenvalue weighted by atomic mass is 10.1. The molecule has 2 N–H and O–H groups in total. The number of halogens is 4. The number of aryl methyl sites for hydroxylation is 1. The van der Waals surface area contributed by atoms with Crippen molar-refractivity contribution in [3.63, 3.8) is 0 Å². The third kappa shape index (κ3) is 7.52. The zero-order valence-electron chi connectivity index (χ0n) is 21.1. The van der Waals surface area contributed by atoms with E-state index in [-0.39, 0.29) is 34.4 Å². The van der Waals surface area contributed by atoms with Crippen LogP contribution in [-0.2, 0) is 15.8 Å². The number of methoxy groups -OCH3 is 1. The number of anilines is 2. The Balaban J connectivity index is 1.76. The Bertz CT molecular complexity index is 1480. The second-order valence-corrected chi connectivity index (χ2v) is 8.73. The van der Waals surface area contributed by atoms with Crippen LogP contribution in [0.15, 0.2) is 60.2 Å². The molecule has 11 heteroatoms. The molecule has 0 unspecified atom stereocenters. The van der Waals surface area contributed by atoms with Gasteiger partial charge in [-0.15, -0.1) is 0 Å². The molecule has 0 heterocycles. The van der Waals surface area contributed by atoms with Crippen molar-refractivity contribution >= 4 is 40.9 Å². The minimum atomic E-state index is -4.59. The largest absolute Gasteiger partial charge is 0.493 e. The Morgan fingerprint density at radius 3 is 2.46 bits per heavy atom. The quantitative estimate of drug-likeness (QED) is 0.242. The molecule has 0 aliphatic heterocycles. The molecule has 7 nitrogen and oxygen atoms in total. The van der Waals surface area contributed by atoms with Crippen molar-refractivity contribution in [3.05, 3.63) is 87.4 Å². The minimum Gasteiger partial charge on any atom is -0.493 e. The van der Waals surface area contributed by atoms with Crippen LogP contribution in [0.3, 0.4) is 0 Å². The summed E-state index contributed by atoms with van der Waals surface area (Å²) in [5.74, 6) is -1.15. The fourth-order valence-electron chi connectivity index (χ4n) is 3.46. The van der Waals surface area contributed by atoms with Gasteiger partial charge in [0.15, 0.2) is 18.1 Å². The number of alkyl halides is 3. The third-order valence-corrected chi connectivity index (χ3v) is 5.88. The number of nitrogens with zero attached hydrogens (tertiary/aromatic N) is 1. The Labute approximate surface area is 227 Å². The van der Waals surface area contributed by atoms with Crippen molar-refractivity contribution in [2.24, 2.45) is 0 Å². The second-order valence-electron chi connectivity index (χ2n) is 8.32. The summed E-state index contributed by atoms with van der Waals surface area (Å²) in [4.78, 5) is 25.0. The lowest BCUT2D eigenvalue weighted by molar-refractivity contribution is -0.137. The van der Waals surface area contributed by atoms with Crippen molar-refractivity contribution in [1.82, 2.24) is 0 Å². The summed E-state index contributed by atoms with van der Waals surface area (Å²) in [5.41, 5.74) is 1.39. The Hall–Kier alpha value is -4.49. The van der Waals surface area contributed by atoms with Gasteiger partial charge in [0.25, 0.3) is 11.8 Å². The van der Waals surface area contributed by atoms with Crippen LogP contribution in [0.25, 0.3) is 6.08 Å². The number of carbonyl (C=O) groups excluding carboxylic acids is 2. The van der Waals surface area contributed by atoms with Crippen LogP contribution < -0.4 is 20.1 Å². The molecule has 0 radical (unpaired) electrons. The van der Waals surface area contributed by atoms with Crippen molar-refractivity contribution in [1.29, 1.82) is 5.26 Å². The van der Waals surface area contributed by atoms with Crippen LogP contribution in [0.2, 0.25) is 5.02 Å². The first-order valence-electron chi connectivity index (χ1n) is 11.4. The second kappa shape index (κ2) is 12.4. The number of carbonyl (C=O) groups is 2. The predicted octanol–water partition coefficient (Wildman–Crippen LogP) is 6.55. The molecule has 0 saturated heterocycles. The summed E-state index contributed by atoms with van der Waals surface area (Å²) < 4.78 is 49.8. The molecule has 39 heavy (non-hydrogen) atoms. The van der Waals surface area contributed by atoms with Gasteiger partial charge in [-0.25, -0.2) is 0 Å². The third-order valence-electron chi connectivity index (χ3n) is 5.60. The molecule has 2 amide bonds. The van der Waals surface area contributed by atoms with Gasteiger partial charge in [-0.3, -0.25) is 9.59 Å². The highest BCUT2D eigenvalue weighted by Crippen LogP contribution is 2.37. The topological polar surface area (TPSA) is 100 Å². The maximum absolute atomic E-state index is 13.0. The molecule has 0 spiro atoms. The number of hydrogen-bond acceptors (Lipinski definition) is 5. The van der Waals surface area contributed by atoms with Gasteiger partial charge in [0.1, 0.15) is 11.6 Å². The van der Waals surface area contributed by atoms with Crippen LogP contribution in [-0.4, -0.2) is 25.5 Å².